The zero-order valence-corrected chi connectivity index (χ0v) is 18.7. The van der Waals surface area contributed by atoms with E-state index < -0.39 is 58.0 Å². The van der Waals surface area contributed by atoms with Crippen molar-refractivity contribution in [2.45, 2.75) is 50.2 Å². The molecule has 1 amide bonds. The number of primary amides is 1. The summed E-state index contributed by atoms with van der Waals surface area (Å²) in [6, 6.07) is 3.78. The zero-order chi connectivity index (χ0) is 24.4. The summed E-state index contributed by atoms with van der Waals surface area (Å²) in [6.07, 6.45) is 4.06. The van der Waals surface area contributed by atoms with Crippen LogP contribution in [0.2, 0.25) is 0 Å². The first-order valence-corrected chi connectivity index (χ1v) is 11.7. The normalized spacial score (nSPS) is 32.1. The number of nitrogens with two attached hydrogens (primary N) is 1. The van der Waals surface area contributed by atoms with Crippen molar-refractivity contribution in [3.8, 4) is 5.75 Å². The molecule has 5 rings (SSSR count). The van der Waals surface area contributed by atoms with Crippen molar-refractivity contribution >= 4 is 23.2 Å². The van der Waals surface area contributed by atoms with E-state index in [0.717, 1.165) is 25.7 Å². The Balaban J connectivity index is 1.70. The van der Waals surface area contributed by atoms with E-state index in [1.165, 1.54) is 6.07 Å². The Hall–Kier alpha value is -3.17. The number of phenolic OH excluding ortho intramolecular Hbond substituents is 1. The highest BCUT2D eigenvalue weighted by molar-refractivity contribution is 6.24. The number of carbonyl (C=O) groups is 3. The summed E-state index contributed by atoms with van der Waals surface area (Å²) in [7, 11) is 0. The lowest BCUT2D eigenvalue weighted by Crippen LogP contribution is -2.66. The van der Waals surface area contributed by atoms with Gasteiger partial charge in [0.2, 0.25) is 5.78 Å². The van der Waals surface area contributed by atoms with E-state index in [1.54, 1.807) is 12.1 Å². The van der Waals surface area contributed by atoms with Gasteiger partial charge in [0.15, 0.2) is 11.4 Å². The molecule has 0 spiro atoms. The molecule has 6 N–H and O–H groups in total. The van der Waals surface area contributed by atoms with E-state index in [9.17, 15) is 34.8 Å². The van der Waals surface area contributed by atoms with Gasteiger partial charge in [-0.3, -0.25) is 19.3 Å². The summed E-state index contributed by atoms with van der Waals surface area (Å²) in [4.78, 5) is 41.4. The largest absolute Gasteiger partial charge is 0.508 e. The number of fused-ring (bicyclic) bond motifs is 3. The molecule has 9 nitrogen and oxygen atoms in total. The van der Waals surface area contributed by atoms with Gasteiger partial charge in [-0.1, -0.05) is 25.0 Å². The number of ketones is 2. The highest BCUT2D eigenvalue weighted by atomic mass is 16.3. The van der Waals surface area contributed by atoms with Crippen LogP contribution in [0.3, 0.4) is 0 Å². The Morgan fingerprint density at radius 1 is 1.06 bits per heavy atom. The maximum absolute atomic E-state index is 13.8. The minimum Gasteiger partial charge on any atom is -0.508 e. The molecule has 0 bridgehead atoms. The molecule has 4 atom stereocenters. The maximum atomic E-state index is 13.8. The standard InChI is InChI=1S/C25H28N2O7/c26-24(33)18-21(30)19(27-8-3-1-2-4-9-27)14-11-13-10-12-6-5-7-15(28)16(12)20(29)17(13)22(31)25(14,34)23(18)32/h5-7,13-14,19,28-29,32,34H,1-4,8-11H2,(H2,26,33)/t13-,14-,19+,25-/m0/s1. The number of amides is 1. The highest BCUT2D eigenvalue weighted by Gasteiger charge is 2.64. The molecule has 4 aliphatic rings. The highest BCUT2D eigenvalue weighted by Crippen LogP contribution is 2.52. The summed E-state index contributed by atoms with van der Waals surface area (Å²) in [5, 5.41) is 44.0. The average molecular weight is 469 g/mol. The van der Waals surface area contributed by atoms with Crippen molar-refractivity contribution in [3.63, 3.8) is 0 Å². The van der Waals surface area contributed by atoms with E-state index in [1.807, 2.05) is 4.90 Å². The number of phenols is 1. The van der Waals surface area contributed by atoms with E-state index in [0.29, 0.717) is 25.1 Å². The molecule has 180 valence electrons. The summed E-state index contributed by atoms with van der Waals surface area (Å²) < 4.78 is 0. The molecule has 1 saturated heterocycles. The Morgan fingerprint density at radius 2 is 1.74 bits per heavy atom. The lowest BCUT2D eigenvalue weighted by atomic mass is 9.57. The topological polar surface area (TPSA) is 161 Å². The molecule has 1 aromatic carbocycles. The molecule has 0 radical (unpaired) electrons. The summed E-state index contributed by atoms with van der Waals surface area (Å²) in [6.45, 7) is 1.11. The first kappa shape index (κ1) is 22.6. The van der Waals surface area contributed by atoms with Gasteiger partial charge in [-0.25, -0.2) is 0 Å². The lowest BCUT2D eigenvalue weighted by Gasteiger charge is -2.51. The van der Waals surface area contributed by atoms with Crippen molar-refractivity contribution in [3.05, 3.63) is 46.2 Å². The molecule has 1 saturated carbocycles. The average Bonchev–Trinajstić information content (AvgIpc) is 3.05. The van der Waals surface area contributed by atoms with Crippen molar-refractivity contribution in [2.75, 3.05) is 13.1 Å². The van der Waals surface area contributed by atoms with Crippen LogP contribution in [0.4, 0.5) is 0 Å². The van der Waals surface area contributed by atoms with Crippen LogP contribution in [0.5, 0.6) is 5.75 Å². The van der Waals surface area contributed by atoms with Gasteiger partial charge in [0, 0.05) is 11.5 Å². The quantitative estimate of drug-likeness (QED) is 0.406. The van der Waals surface area contributed by atoms with Gasteiger partial charge >= 0.3 is 0 Å². The molecule has 1 aliphatic heterocycles. The molecule has 34 heavy (non-hydrogen) atoms. The van der Waals surface area contributed by atoms with E-state index >= 15 is 0 Å². The van der Waals surface area contributed by atoms with Gasteiger partial charge in [0.05, 0.1) is 11.6 Å². The minimum atomic E-state index is -2.59. The molecule has 1 heterocycles. The van der Waals surface area contributed by atoms with Crippen molar-refractivity contribution < 1.29 is 34.8 Å². The van der Waals surface area contributed by atoms with E-state index in [4.69, 9.17) is 5.73 Å². The number of Topliss-reactive ketones (excluding diaryl/α,β-unsaturated/α-hetero) is 2. The number of carbonyl (C=O) groups excluding carboxylic acids is 3. The molecular weight excluding hydrogens is 440 g/mol. The first-order valence-electron chi connectivity index (χ1n) is 11.7. The van der Waals surface area contributed by atoms with Gasteiger partial charge in [0.1, 0.15) is 22.8 Å². The van der Waals surface area contributed by atoms with Crippen molar-refractivity contribution in [1.29, 1.82) is 0 Å². The number of rotatable bonds is 2. The second-order valence-corrected chi connectivity index (χ2v) is 9.76. The maximum Gasteiger partial charge on any atom is 0.255 e. The first-order chi connectivity index (χ1) is 16.2. The summed E-state index contributed by atoms with van der Waals surface area (Å²) >= 11 is 0. The number of aliphatic hydroxyl groups is 3. The number of benzene rings is 1. The second kappa shape index (κ2) is 7.95. The number of aliphatic hydroxyl groups excluding tert-OH is 2. The Labute approximate surface area is 196 Å². The third kappa shape index (κ3) is 3.03. The fourth-order valence-corrected chi connectivity index (χ4v) is 6.38. The fourth-order valence-electron chi connectivity index (χ4n) is 6.38. The molecule has 3 aliphatic carbocycles. The van der Waals surface area contributed by atoms with Crippen LogP contribution in [0.25, 0.3) is 5.76 Å². The molecule has 1 aromatic rings. The summed E-state index contributed by atoms with van der Waals surface area (Å²) in [5.41, 5.74) is 2.71. The number of nitrogens with zero attached hydrogens (tertiary/aromatic N) is 1. The third-order valence-corrected chi connectivity index (χ3v) is 7.94. The summed E-state index contributed by atoms with van der Waals surface area (Å²) in [5.74, 6) is -6.13. The molecular formula is C25H28N2O7. The van der Waals surface area contributed by atoms with Crippen molar-refractivity contribution in [2.24, 2.45) is 17.6 Å². The SMILES string of the molecule is NC(=O)C1=C(O)[C@@]2(O)C(=O)C3=C(O)c4c(O)cccc4C[C@H]3C[C@H]2[C@@H](N2CCCCCC2)C1=O. The minimum absolute atomic E-state index is 0.110. The number of hydrogen-bond donors (Lipinski definition) is 5. The van der Waals surface area contributed by atoms with Crippen LogP contribution < -0.4 is 5.73 Å². The molecule has 9 heteroatoms. The smallest absolute Gasteiger partial charge is 0.255 e. The Kier molecular flexibility index (Phi) is 5.29. The van der Waals surface area contributed by atoms with Gasteiger partial charge < -0.3 is 26.2 Å². The van der Waals surface area contributed by atoms with Crippen molar-refractivity contribution in [1.82, 2.24) is 4.90 Å². The van der Waals surface area contributed by atoms with Gasteiger partial charge in [-0.15, -0.1) is 0 Å². The van der Waals surface area contributed by atoms with Crippen LogP contribution in [0, 0.1) is 11.8 Å². The van der Waals surface area contributed by atoms with Crippen LogP contribution in [-0.4, -0.2) is 67.5 Å². The van der Waals surface area contributed by atoms with Crippen LogP contribution in [0.15, 0.2) is 35.1 Å². The fraction of sp³-hybridized carbons (Fsp3) is 0.480. The van der Waals surface area contributed by atoms with E-state index in [-0.39, 0.29) is 23.3 Å². The Morgan fingerprint density at radius 3 is 2.38 bits per heavy atom. The predicted octanol–water partition coefficient (Wildman–Crippen LogP) is 1.28. The van der Waals surface area contributed by atoms with Crippen LogP contribution in [0.1, 0.15) is 43.2 Å². The van der Waals surface area contributed by atoms with Gasteiger partial charge in [-0.05, 0) is 56.3 Å². The number of hydrogen-bond acceptors (Lipinski definition) is 8. The zero-order valence-electron chi connectivity index (χ0n) is 18.7. The Bertz CT molecular complexity index is 1160. The lowest BCUT2D eigenvalue weighted by molar-refractivity contribution is -0.155. The third-order valence-electron chi connectivity index (χ3n) is 7.94. The van der Waals surface area contributed by atoms with E-state index in [2.05, 4.69) is 0 Å². The number of aromatic hydroxyl groups is 1. The van der Waals surface area contributed by atoms with Crippen LogP contribution >= 0.6 is 0 Å². The molecule has 0 unspecified atom stereocenters. The second-order valence-electron chi connectivity index (χ2n) is 9.76. The van der Waals surface area contributed by atoms with Gasteiger partial charge in [0.25, 0.3) is 5.91 Å². The molecule has 0 aromatic heterocycles. The molecule has 2 fully saturated rings. The monoisotopic (exact) mass is 468 g/mol. The number of likely N-dealkylation sites (tertiary alicyclic amines) is 1. The predicted molar refractivity (Wildman–Crippen MR) is 121 cm³/mol. The van der Waals surface area contributed by atoms with Gasteiger partial charge in [-0.2, -0.15) is 0 Å². The van der Waals surface area contributed by atoms with Crippen LogP contribution in [-0.2, 0) is 20.8 Å².